The van der Waals surface area contributed by atoms with Gasteiger partial charge >= 0.3 is 0 Å². The van der Waals surface area contributed by atoms with Gasteiger partial charge in [-0.1, -0.05) is 39.0 Å². The van der Waals surface area contributed by atoms with Crippen molar-refractivity contribution in [3.8, 4) is 6.07 Å². The summed E-state index contributed by atoms with van der Waals surface area (Å²) >= 11 is 0. The number of rotatable bonds is 0. The second-order valence-electron chi connectivity index (χ2n) is 6.24. The lowest BCUT2D eigenvalue weighted by Gasteiger charge is -2.50. The van der Waals surface area contributed by atoms with Crippen molar-refractivity contribution < 1.29 is 4.79 Å². The predicted octanol–water partition coefficient (Wildman–Crippen LogP) is 3.41. The molecule has 2 aliphatic rings. The van der Waals surface area contributed by atoms with Crippen molar-refractivity contribution in [2.24, 2.45) is 16.7 Å². The Labute approximate surface area is 103 Å². The Kier molecular flexibility index (Phi) is 2.54. The molecule has 0 aliphatic heterocycles. The Balaban J connectivity index is 2.55. The molecule has 0 aromatic carbocycles. The number of hydrogen-bond acceptors (Lipinski definition) is 2. The molecule has 0 saturated heterocycles. The normalized spacial score (nSPS) is 35.9. The first kappa shape index (κ1) is 12.1. The Morgan fingerprint density at radius 3 is 2.71 bits per heavy atom. The van der Waals surface area contributed by atoms with Crippen LogP contribution in [0.4, 0.5) is 0 Å². The summed E-state index contributed by atoms with van der Waals surface area (Å²) in [5.41, 5.74) is 1.08. The van der Waals surface area contributed by atoms with Crippen LogP contribution in [0.3, 0.4) is 0 Å². The van der Waals surface area contributed by atoms with E-state index in [-0.39, 0.29) is 11.2 Å². The summed E-state index contributed by atoms with van der Waals surface area (Å²) in [6.07, 6.45) is 4.81. The van der Waals surface area contributed by atoms with Gasteiger partial charge in [0.2, 0.25) is 0 Å². The van der Waals surface area contributed by atoms with E-state index in [1.807, 2.05) is 19.9 Å². The molecular weight excluding hydrogens is 210 g/mol. The SMILES string of the molecule is C=C1CC[C@H]2C(C)(C)C(=O)C(C#N)=C[C@]2(C)C1. The molecule has 2 rings (SSSR count). The molecule has 17 heavy (non-hydrogen) atoms. The number of fused-ring (bicyclic) bond motifs is 1. The van der Waals surface area contributed by atoms with E-state index in [4.69, 9.17) is 5.26 Å². The van der Waals surface area contributed by atoms with Crippen LogP contribution in [0.15, 0.2) is 23.8 Å². The monoisotopic (exact) mass is 229 g/mol. The van der Waals surface area contributed by atoms with Crippen LogP contribution >= 0.6 is 0 Å². The molecule has 2 heteroatoms. The first-order chi connectivity index (χ1) is 7.81. The van der Waals surface area contributed by atoms with Crippen molar-refractivity contribution in [1.29, 1.82) is 5.26 Å². The molecule has 1 saturated carbocycles. The quantitative estimate of drug-likeness (QED) is 0.597. The maximum absolute atomic E-state index is 12.2. The number of carbonyl (C=O) groups is 1. The van der Waals surface area contributed by atoms with Gasteiger partial charge < -0.3 is 0 Å². The van der Waals surface area contributed by atoms with Gasteiger partial charge in [0, 0.05) is 5.41 Å². The molecule has 2 nitrogen and oxygen atoms in total. The largest absolute Gasteiger partial charge is 0.293 e. The van der Waals surface area contributed by atoms with Crippen molar-refractivity contribution >= 4 is 5.78 Å². The number of Topliss-reactive ketones (excluding diaryl/α,β-unsaturated/α-hetero) is 1. The fourth-order valence-electron chi connectivity index (χ4n) is 3.75. The molecule has 2 atom stereocenters. The minimum absolute atomic E-state index is 0.00925. The summed E-state index contributed by atoms with van der Waals surface area (Å²) in [6, 6.07) is 2.06. The van der Waals surface area contributed by atoms with Crippen LogP contribution in [0.5, 0.6) is 0 Å². The highest BCUT2D eigenvalue weighted by molar-refractivity contribution is 6.04. The van der Waals surface area contributed by atoms with Crippen LogP contribution in [-0.4, -0.2) is 5.78 Å². The summed E-state index contributed by atoms with van der Waals surface area (Å²) in [7, 11) is 0. The Morgan fingerprint density at radius 1 is 1.47 bits per heavy atom. The summed E-state index contributed by atoms with van der Waals surface area (Å²) in [6.45, 7) is 10.2. The second-order valence-corrected chi connectivity index (χ2v) is 6.24. The van der Waals surface area contributed by atoms with Gasteiger partial charge in [0.05, 0.1) is 5.57 Å². The smallest absolute Gasteiger partial charge is 0.178 e. The van der Waals surface area contributed by atoms with E-state index < -0.39 is 5.41 Å². The molecule has 0 amide bonds. The third-order valence-corrected chi connectivity index (χ3v) is 4.51. The molecule has 2 aliphatic carbocycles. The fourth-order valence-corrected chi connectivity index (χ4v) is 3.75. The minimum Gasteiger partial charge on any atom is -0.293 e. The van der Waals surface area contributed by atoms with Crippen molar-refractivity contribution in [2.45, 2.75) is 40.0 Å². The van der Waals surface area contributed by atoms with Crippen molar-refractivity contribution in [1.82, 2.24) is 0 Å². The standard InChI is InChI=1S/C15H19NO/c1-10-5-6-12-14(2,3)13(17)11(9-16)8-15(12,4)7-10/h8,12H,1,5-7H2,2-4H3/t12-,15-/m0/s1. The van der Waals surface area contributed by atoms with Gasteiger partial charge in [-0.3, -0.25) is 4.79 Å². The van der Waals surface area contributed by atoms with Crippen LogP contribution in [0.1, 0.15) is 40.0 Å². The second kappa shape index (κ2) is 3.57. The topological polar surface area (TPSA) is 40.9 Å². The van der Waals surface area contributed by atoms with Crippen LogP contribution in [0.2, 0.25) is 0 Å². The van der Waals surface area contributed by atoms with E-state index in [0.717, 1.165) is 19.3 Å². The average molecular weight is 229 g/mol. The van der Waals surface area contributed by atoms with Gasteiger partial charge in [-0.05, 0) is 30.6 Å². The Bertz CT molecular complexity index is 464. The van der Waals surface area contributed by atoms with Crippen molar-refractivity contribution in [3.63, 3.8) is 0 Å². The summed E-state index contributed by atoms with van der Waals surface area (Å²) in [4.78, 5) is 12.2. The zero-order chi connectivity index (χ0) is 12.8. The molecule has 0 unspecified atom stereocenters. The summed E-state index contributed by atoms with van der Waals surface area (Å²) < 4.78 is 0. The first-order valence-electron chi connectivity index (χ1n) is 6.15. The highest BCUT2D eigenvalue weighted by Gasteiger charge is 2.52. The van der Waals surface area contributed by atoms with Crippen LogP contribution in [0.25, 0.3) is 0 Å². The zero-order valence-corrected chi connectivity index (χ0v) is 10.8. The van der Waals surface area contributed by atoms with Gasteiger partial charge in [0.15, 0.2) is 5.78 Å². The summed E-state index contributed by atoms with van der Waals surface area (Å²) in [5, 5.41) is 9.10. The minimum atomic E-state index is -0.421. The van der Waals surface area contributed by atoms with E-state index in [1.165, 1.54) is 5.57 Å². The van der Waals surface area contributed by atoms with E-state index in [9.17, 15) is 4.79 Å². The molecule has 0 radical (unpaired) electrons. The third-order valence-electron chi connectivity index (χ3n) is 4.51. The predicted molar refractivity (Wildman–Crippen MR) is 67.1 cm³/mol. The number of ketones is 1. The van der Waals surface area contributed by atoms with Gasteiger partial charge in [-0.25, -0.2) is 0 Å². The van der Waals surface area contributed by atoms with Crippen molar-refractivity contribution in [3.05, 3.63) is 23.8 Å². The average Bonchev–Trinajstić information content (AvgIpc) is 2.23. The molecule has 0 aromatic rings. The van der Waals surface area contributed by atoms with Gasteiger partial charge in [-0.15, -0.1) is 0 Å². The maximum atomic E-state index is 12.2. The number of nitrogens with zero attached hydrogens (tertiary/aromatic N) is 1. The molecule has 0 spiro atoms. The third kappa shape index (κ3) is 1.65. The van der Waals surface area contributed by atoms with E-state index in [0.29, 0.717) is 11.5 Å². The van der Waals surface area contributed by atoms with Crippen molar-refractivity contribution in [2.75, 3.05) is 0 Å². The molecule has 0 aromatic heterocycles. The number of allylic oxidation sites excluding steroid dienone is 3. The molecule has 0 N–H and O–H groups in total. The fraction of sp³-hybridized carbons (Fsp3) is 0.600. The van der Waals surface area contributed by atoms with Gasteiger partial charge in [-0.2, -0.15) is 5.26 Å². The highest BCUT2D eigenvalue weighted by Crippen LogP contribution is 2.55. The van der Waals surface area contributed by atoms with Crippen LogP contribution < -0.4 is 0 Å². The Morgan fingerprint density at radius 2 is 2.12 bits per heavy atom. The lowest BCUT2D eigenvalue weighted by atomic mass is 9.52. The first-order valence-corrected chi connectivity index (χ1v) is 6.15. The maximum Gasteiger partial charge on any atom is 0.178 e. The lowest BCUT2D eigenvalue weighted by molar-refractivity contribution is -0.130. The molecular formula is C15H19NO. The molecule has 1 fully saturated rings. The highest BCUT2D eigenvalue weighted by atomic mass is 16.1. The molecule has 0 heterocycles. The van der Waals surface area contributed by atoms with Crippen LogP contribution in [0, 0.1) is 28.1 Å². The zero-order valence-electron chi connectivity index (χ0n) is 10.8. The van der Waals surface area contributed by atoms with Gasteiger partial charge in [0.25, 0.3) is 0 Å². The molecule has 90 valence electrons. The van der Waals surface area contributed by atoms with Gasteiger partial charge in [0.1, 0.15) is 6.07 Å². The number of hydrogen-bond donors (Lipinski definition) is 0. The lowest BCUT2D eigenvalue weighted by Crippen LogP contribution is -2.48. The van der Waals surface area contributed by atoms with Crippen LogP contribution in [-0.2, 0) is 4.79 Å². The number of nitriles is 1. The Hall–Kier alpha value is -1.36. The number of carbonyl (C=O) groups excluding carboxylic acids is 1. The molecule has 0 bridgehead atoms. The van der Waals surface area contributed by atoms with E-state index in [1.54, 1.807) is 0 Å². The van der Waals surface area contributed by atoms with E-state index >= 15 is 0 Å². The van der Waals surface area contributed by atoms with E-state index in [2.05, 4.69) is 19.6 Å². The summed E-state index contributed by atoms with van der Waals surface area (Å²) in [5.74, 6) is 0.333.